The highest BCUT2D eigenvalue weighted by Crippen LogP contribution is 2.25. The molecule has 2 nitrogen and oxygen atoms in total. The van der Waals surface area contributed by atoms with Gasteiger partial charge in [0.2, 0.25) is 0 Å². The van der Waals surface area contributed by atoms with Crippen molar-refractivity contribution in [3.63, 3.8) is 0 Å². The van der Waals surface area contributed by atoms with E-state index < -0.39 is 6.17 Å². The van der Waals surface area contributed by atoms with Crippen LogP contribution in [0.25, 0.3) is 0 Å². The number of likely N-dealkylation sites (tertiary alicyclic amines) is 1. The molecule has 1 aliphatic carbocycles. The van der Waals surface area contributed by atoms with Crippen LogP contribution in [-0.2, 0) is 0 Å². The molecule has 5 atom stereocenters. The van der Waals surface area contributed by atoms with Crippen LogP contribution in [0.1, 0.15) is 45.4 Å². The van der Waals surface area contributed by atoms with E-state index in [1.807, 2.05) is 0 Å². The Bertz CT molecular complexity index is 222. The molecule has 3 heteroatoms. The Morgan fingerprint density at radius 1 is 1.25 bits per heavy atom. The van der Waals surface area contributed by atoms with Gasteiger partial charge in [-0.25, -0.2) is 4.39 Å². The van der Waals surface area contributed by atoms with E-state index in [0.29, 0.717) is 12.1 Å². The average Bonchev–Trinajstić information content (AvgIpc) is 2.24. The van der Waals surface area contributed by atoms with Gasteiger partial charge in [-0.3, -0.25) is 5.73 Å². The molecule has 0 aromatic carbocycles. The molecule has 2 rings (SSSR count). The topological polar surface area (TPSA) is 30.5 Å². The van der Waals surface area contributed by atoms with Crippen molar-refractivity contribution >= 4 is 0 Å². The number of quaternary nitrogens is 1. The fraction of sp³-hybridized carbons (Fsp3) is 1.00. The molecule has 1 saturated heterocycles. The molecule has 0 radical (unpaired) electrons. The van der Waals surface area contributed by atoms with Crippen LogP contribution < -0.4 is 10.6 Å². The number of hydrogen-bond donors (Lipinski definition) is 2. The number of alkyl halides is 1. The molecule has 0 spiro atoms. The van der Waals surface area contributed by atoms with E-state index in [1.165, 1.54) is 24.3 Å². The van der Waals surface area contributed by atoms with Crippen molar-refractivity contribution in [1.82, 2.24) is 0 Å². The summed E-state index contributed by atoms with van der Waals surface area (Å²) in [6.45, 7) is 4.60. The molecule has 2 fully saturated rings. The van der Waals surface area contributed by atoms with Crippen molar-refractivity contribution in [1.29, 1.82) is 0 Å². The van der Waals surface area contributed by atoms with Crippen LogP contribution in [0.3, 0.4) is 0 Å². The minimum Gasteiger partial charge on any atom is -0.320 e. The summed E-state index contributed by atoms with van der Waals surface area (Å²) in [6.07, 6.45) is 6.02. The van der Waals surface area contributed by atoms with E-state index in [1.54, 1.807) is 0 Å². The van der Waals surface area contributed by atoms with Gasteiger partial charge in [-0.2, -0.15) is 0 Å². The fourth-order valence-electron chi connectivity index (χ4n) is 3.39. The second-order valence-electron chi connectivity index (χ2n) is 5.99. The lowest BCUT2D eigenvalue weighted by Gasteiger charge is -2.36. The number of piperidine rings is 1. The lowest BCUT2D eigenvalue weighted by atomic mass is 9.86. The van der Waals surface area contributed by atoms with Crippen LogP contribution in [0, 0.1) is 11.8 Å². The zero-order valence-electron chi connectivity index (χ0n) is 10.4. The van der Waals surface area contributed by atoms with Gasteiger partial charge in [-0.1, -0.05) is 13.3 Å². The van der Waals surface area contributed by atoms with Gasteiger partial charge in [-0.05, 0) is 25.7 Å². The van der Waals surface area contributed by atoms with E-state index in [0.717, 1.165) is 38.1 Å². The lowest BCUT2D eigenvalue weighted by Crippen LogP contribution is -3.19. The predicted molar refractivity (Wildman–Crippen MR) is 63.9 cm³/mol. The summed E-state index contributed by atoms with van der Waals surface area (Å²) in [7, 11) is 0. The smallest absolute Gasteiger partial charge is 0.138 e. The van der Waals surface area contributed by atoms with Crippen LogP contribution in [0.4, 0.5) is 4.39 Å². The fourth-order valence-corrected chi connectivity index (χ4v) is 3.39. The van der Waals surface area contributed by atoms with Crippen molar-refractivity contribution in [3.8, 4) is 0 Å². The Kier molecular flexibility index (Phi) is 4.20. The molecule has 5 unspecified atom stereocenters. The molecule has 1 aliphatic heterocycles. The largest absolute Gasteiger partial charge is 0.320 e. The third-order valence-electron chi connectivity index (χ3n) is 4.38. The van der Waals surface area contributed by atoms with Gasteiger partial charge >= 0.3 is 0 Å². The minimum atomic E-state index is -0.545. The van der Waals surface area contributed by atoms with Gasteiger partial charge in [0.15, 0.2) is 0 Å². The highest BCUT2D eigenvalue weighted by atomic mass is 19.1. The van der Waals surface area contributed by atoms with E-state index in [2.05, 4.69) is 6.92 Å². The van der Waals surface area contributed by atoms with Crippen molar-refractivity contribution < 1.29 is 9.29 Å². The summed E-state index contributed by atoms with van der Waals surface area (Å²) in [5.41, 5.74) is 6.16. The molecule has 0 bridgehead atoms. The maximum absolute atomic E-state index is 13.3. The molecule has 0 aromatic rings. The van der Waals surface area contributed by atoms with Crippen molar-refractivity contribution in [2.45, 2.75) is 57.8 Å². The third-order valence-corrected chi connectivity index (χ3v) is 4.38. The molecule has 0 aromatic heterocycles. The lowest BCUT2D eigenvalue weighted by molar-refractivity contribution is -0.937. The number of nitrogens with one attached hydrogen (secondary N) is 1. The Hall–Kier alpha value is -0.150. The summed E-state index contributed by atoms with van der Waals surface area (Å²) < 4.78 is 13.3. The SMILES string of the molecule is CC1CCC(N)[NH+](CC2CCCC(F)C2)C1. The van der Waals surface area contributed by atoms with Gasteiger partial charge in [0.05, 0.1) is 13.1 Å². The molecule has 2 aliphatic rings. The Morgan fingerprint density at radius 2 is 2.06 bits per heavy atom. The first-order valence-electron chi connectivity index (χ1n) is 6.89. The summed E-state index contributed by atoms with van der Waals surface area (Å²) in [5.74, 6) is 1.37. The van der Waals surface area contributed by atoms with E-state index in [9.17, 15) is 4.39 Å². The van der Waals surface area contributed by atoms with Crippen LogP contribution in [0.5, 0.6) is 0 Å². The zero-order valence-corrected chi connectivity index (χ0v) is 10.4. The van der Waals surface area contributed by atoms with Gasteiger partial charge in [0, 0.05) is 18.3 Å². The molecule has 94 valence electrons. The van der Waals surface area contributed by atoms with E-state index in [4.69, 9.17) is 5.73 Å². The van der Waals surface area contributed by atoms with Crippen molar-refractivity contribution in [2.24, 2.45) is 17.6 Å². The number of rotatable bonds is 2. The van der Waals surface area contributed by atoms with Crippen LogP contribution in [0.15, 0.2) is 0 Å². The zero-order chi connectivity index (χ0) is 11.5. The Labute approximate surface area is 98.4 Å². The molecule has 1 saturated carbocycles. The quantitative estimate of drug-likeness (QED) is 0.730. The highest BCUT2D eigenvalue weighted by molar-refractivity contribution is 4.72. The van der Waals surface area contributed by atoms with Gasteiger partial charge in [0.1, 0.15) is 12.3 Å². The number of halogens is 1. The van der Waals surface area contributed by atoms with Gasteiger partial charge < -0.3 is 4.90 Å². The van der Waals surface area contributed by atoms with Crippen LogP contribution in [0.2, 0.25) is 0 Å². The maximum Gasteiger partial charge on any atom is 0.138 e. The van der Waals surface area contributed by atoms with E-state index in [-0.39, 0.29) is 0 Å². The highest BCUT2D eigenvalue weighted by Gasteiger charge is 2.31. The Balaban J connectivity index is 1.82. The second-order valence-corrected chi connectivity index (χ2v) is 5.99. The monoisotopic (exact) mass is 229 g/mol. The standard InChI is InChI=1S/C13H25FN2/c1-10-5-6-13(15)16(8-10)9-11-3-2-4-12(14)7-11/h10-13H,2-9,15H2,1H3/p+1. The maximum atomic E-state index is 13.3. The molecule has 1 heterocycles. The van der Waals surface area contributed by atoms with Crippen molar-refractivity contribution in [3.05, 3.63) is 0 Å². The van der Waals surface area contributed by atoms with Crippen LogP contribution >= 0.6 is 0 Å². The molecule has 16 heavy (non-hydrogen) atoms. The van der Waals surface area contributed by atoms with Gasteiger partial charge in [-0.15, -0.1) is 0 Å². The molecular weight excluding hydrogens is 203 g/mol. The first-order valence-corrected chi connectivity index (χ1v) is 6.89. The first-order chi connectivity index (χ1) is 7.65. The predicted octanol–water partition coefficient (Wildman–Crippen LogP) is 1.11. The number of hydrogen-bond acceptors (Lipinski definition) is 1. The summed E-state index contributed by atoms with van der Waals surface area (Å²) in [5, 5.41) is 0. The molecule has 3 N–H and O–H groups in total. The van der Waals surface area contributed by atoms with Crippen molar-refractivity contribution in [2.75, 3.05) is 13.1 Å². The molecule has 0 amide bonds. The summed E-state index contributed by atoms with van der Waals surface area (Å²) in [6, 6.07) is 0. The minimum absolute atomic E-state index is 0.302. The van der Waals surface area contributed by atoms with Crippen LogP contribution in [-0.4, -0.2) is 25.4 Å². The van der Waals surface area contributed by atoms with E-state index >= 15 is 0 Å². The Morgan fingerprint density at radius 3 is 2.81 bits per heavy atom. The summed E-state index contributed by atoms with van der Waals surface area (Å²) >= 11 is 0. The average molecular weight is 229 g/mol. The number of nitrogens with two attached hydrogens (primary N) is 1. The van der Waals surface area contributed by atoms with Gasteiger partial charge in [0.25, 0.3) is 0 Å². The molecular formula is C13H26FN2+. The second kappa shape index (κ2) is 5.46. The normalized spacial score (nSPS) is 45.6. The summed E-state index contributed by atoms with van der Waals surface area (Å²) in [4.78, 5) is 1.53. The third kappa shape index (κ3) is 3.17. The first kappa shape index (κ1) is 12.3.